The van der Waals surface area contributed by atoms with Crippen LogP contribution in [-0.2, 0) is 5.54 Å². The molecule has 0 radical (unpaired) electrons. The molecule has 1 aromatic carbocycles. The molecule has 3 N–H and O–H groups in total. The molecule has 0 aliphatic carbocycles. The Bertz CT molecular complexity index is 490. The van der Waals surface area contributed by atoms with E-state index < -0.39 is 17.4 Å². The highest BCUT2D eigenvalue weighted by molar-refractivity contribution is 7.80. The first-order valence-corrected chi connectivity index (χ1v) is 6.18. The summed E-state index contributed by atoms with van der Waals surface area (Å²) in [6, 6.07) is 6.92. The Balaban J connectivity index is 2.40. The highest BCUT2D eigenvalue weighted by Crippen LogP contribution is 2.39. The molecule has 98 valence electrons. The summed E-state index contributed by atoms with van der Waals surface area (Å²) in [7, 11) is 0. The predicted octanol–water partition coefficient (Wildman–Crippen LogP) is 2.87. The van der Waals surface area contributed by atoms with Crippen molar-refractivity contribution in [3.05, 3.63) is 29.8 Å². The van der Waals surface area contributed by atoms with Crippen molar-refractivity contribution in [2.45, 2.75) is 37.6 Å². The number of thiocarbonyl (C=S) groups is 1. The smallest absolute Gasteiger partial charge is 0.160 e. The monoisotopic (exact) mass is 270 g/mol. The summed E-state index contributed by atoms with van der Waals surface area (Å²) in [5.41, 5.74) is 4.09. The van der Waals surface area contributed by atoms with Gasteiger partial charge in [-0.15, -0.1) is 0 Å². The van der Waals surface area contributed by atoms with Crippen molar-refractivity contribution in [1.29, 1.82) is 0 Å². The Morgan fingerprint density at radius 3 is 2.72 bits per heavy atom. The Hall–Kier alpha value is -1.23. The van der Waals surface area contributed by atoms with Crippen molar-refractivity contribution in [3.8, 4) is 0 Å². The van der Waals surface area contributed by atoms with Gasteiger partial charge in [0.1, 0.15) is 11.2 Å². The summed E-state index contributed by atoms with van der Waals surface area (Å²) in [6.45, 7) is 2.97. The number of anilines is 1. The fourth-order valence-electron chi connectivity index (χ4n) is 2.19. The van der Waals surface area contributed by atoms with Crippen molar-refractivity contribution in [2.75, 3.05) is 5.73 Å². The van der Waals surface area contributed by atoms with Crippen LogP contribution in [0.1, 0.15) is 25.8 Å². The van der Waals surface area contributed by atoms with E-state index in [1.807, 2.05) is 0 Å². The molecule has 1 heterocycles. The Morgan fingerprint density at radius 2 is 2.11 bits per heavy atom. The number of nitrogens with one attached hydrogen (secondary N) is 1. The molecule has 0 bridgehead atoms. The summed E-state index contributed by atoms with van der Waals surface area (Å²) in [6.07, 6.45) is -1.62. The summed E-state index contributed by atoms with van der Waals surface area (Å²) in [5.74, 6) is 0. The fraction of sp³-hybridized carbons (Fsp3) is 0.462. The number of rotatable bonds is 1. The summed E-state index contributed by atoms with van der Waals surface area (Å²) >= 11 is 4.99. The Kier molecular flexibility index (Phi) is 3.05. The van der Waals surface area contributed by atoms with Crippen molar-refractivity contribution in [2.24, 2.45) is 0 Å². The van der Waals surface area contributed by atoms with Crippen molar-refractivity contribution in [3.63, 3.8) is 0 Å². The minimum Gasteiger partial charge on any atom is -0.399 e. The van der Waals surface area contributed by atoms with E-state index in [1.54, 1.807) is 31.2 Å². The molecule has 2 rings (SSSR count). The van der Waals surface area contributed by atoms with Gasteiger partial charge in [-0.05, 0) is 31.5 Å². The minimum atomic E-state index is -1.80. The number of halogens is 2. The highest BCUT2D eigenvalue weighted by atomic mass is 32.1. The molecule has 1 aliphatic heterocycles. The number of hydrogen-bond acceptors (Lipinski definition) is 2. The first-order valence-electron chi connectivity index (χ1n) is 5.77. The van der Waals surface area contributed by atoms with Gasteiger partial charge in [0, 0.05) is 12.1 Å². The van der Waals surface area contributed by atoms with Gasteiger partial charge in [-0.1, -0.05) is 24.4 Å². The number of benzene rings is 1. The number of nitrogen functional groups attached to an aromatic ring is 1. The van der Waals surface area contributed by atoms with Crippen LogP contribution >= 0.6 is 12.2 Å². The predicted molar refractivity (Wildman–Crippen MR) is 73.0 cm³/mol. The second-order valence-corrected chi connectivity index (χ2v) is 5.56. The average Bonchev–Trinajstić information content (AvgIpc) is 2.26. The van der Waals surface area contributed by atoms with Gasteiger partial charge < -0.3 is 11.1 Å². The van der Waals surface area contributed by atoms with Gasteiger partial charge in [0.15, 0.2) is 5.67 Å². The molecular weight excluding hydrogens is 254 g/mol. The quantitative estimate of drug-likeness (QED) is 0.609. The molecule has 0 saturated carbocycles. The fourth-order valence-corrected chi connectivity index (χ4v) is 2.49. The maximum absolute atomic E-state index is 14.3. The van der Waals surface area contributed by atoms with Crippen molar-refractivity contribution >= 4 is 22.9 Å². The van der Waals surface area contributed by atoms with E-state index in [4.69, 9.17) is 18.0 Å². The third-order valence-electron chi connectivity index (χ3n) is 3.52. The number of nitrogens with two attached hydrogens (primary N) is 1. The molecule has 18 heavy (non-hydrogen) atoms. The van der Waals surface area contributed by atoms with E-state index in [0.717, 1.165) is 0 Å². The van der Waals surface area contributed by atoms with E-state index >= 15 is 0 Å². The molecule has 0 amide bonds. The molecular formula is C13H16F2N2S. The number of alkyl halides is 2. The first-order chi connectivity index (χ1) is 8.25. The van der Waals surface area contributed by atoms with Crippen LogP contribution in [0.25, 0.3) is 0 Å². The van der Waals surface area contributed by atoms with Crippen molar-refractivity contribution < 1.29 is 8.78 Å². The minimum absolute atomic E-state index is 0.0429. The molecule has 1 aromatic rings. The molecule has 0 spiro atoms. The largest absolute Gasteiger partial charge is 0.399 e. The topological polar surface area (TPSA) is 38.0 Å². The zero-order valence-corrected chi connectivity index (χ0v) is 11.2. The van der Waals surface area contributed by atoms with Crippen LogP contribution in [0.4, 0.5) is 14.5 Å². The van der Waals surface area contributed by atoms with E-state index in [2.05, 4.69) is 5.32 Å². The van der Waals surface area contributed by atoms with Gasteiger partial charge in [-0.2, -0.15) is 0 Å². The van der Waals surface area contributed by atoms with Gasteiger partial charge in [-0.3, -0.25) is 0 Å². The lowest BCUT2D eigenvalue weighted by Gasteiger charge is -2.44. The molecule has 0 unspecified atom stereocenters. The SMILES string of the molecule is C[C@]1(F)C[C@@H](F)[C@@](C)(c2cccc(N)c2)NC1=S. The van der Waals surface area contributed by atoms with Gasteiger partial charge in [0.2, 0.25) is 0 Å². The molecule has 2 nitrogen and oxygen atoms in total. The highest BCUT2D eigenvalue weighted by Gasteiger charge is 2.49. The van der Waals surface area contributed by atoms with Crippen LogP contribution in [-0.4, -0.2) is 16.8 Å². The van der Waals surface area contributed by atoms with Gasteiger partial charge in [0.25, 0.3) is 0 Å². The lowest BCUT2D eigenvalue weighted by molar-refractivity contribution is 0.0878. The van der Waals surface area contributed by atoms with E-state index in [-0.39, 0.29) is 11.4 Å². The molecule has 3 atom stereocenters. The van der Waals surface area contributed by atoms with E-state index in [9.17, 15) is 8.78 Å². The van der Waals surface area contributed by atoms with E-state index in [1.165, 1.54) is 6.92 Å². The number of hydrogen-bond donors (Lipinski definition) is 2. The Labute approximate surface area is 111 Å². The van der Waals surface area contributed by atoms with E-state index in [0.29, 0.717) is 11.3 Å². The third kappa shape index (κ3) is 2.07. The standard InChI is InChI=1S/C13H16F2N2S/c1-12(15)7-10(14)13(2,17-11(12)18)8-4-3-5-9(16)6-8/h3-6,10H,7,16H2,1-2H3,(H,17,18)/t10-,12+,13-/m1/s1. The lowest BCUT2D eigenvalue weighted by atomic mass is 9.78. The third-order valence-corrected chi connectivity index (χ3v) is 4.05. The average molecular weight is 270 g/mol. The normalized spacial score (nSPS) is 36.2. The number of piperidine rings is 1. The van der Waals surface area contributed by atoms with Gasteiger partial charge in [0.05, 0.1) is 5.54 Å². The van der Waals surface area contributed by atoms with Crippen LogP contribution in [0.3, 0.4) is 0 Å². The molecule has 5 heteroatoms. The molecule has 0 aromatic heterocycles. The van der Waals surface area contributed by atoms with Gasteiger partial charge >= 0.3 is 0 Å². The zero-order chi connectivity index (χ0) is 13.6. The van der Waals surface area contributed by atoms with Crippen LogP contribution in [0.15, 0.2) is 24.3 Å². The van der Waals surface area contributed by atoms with Crippen LogP contribution < -0.4 is 11.1 Å². The summed E-state index contributed by atoms with van der Waals surface area (Å²) < 4.78 is 28.3. The maximum atomic E-state index is 14.3. The molecule has 1 saturated heterocycles. The van der Waals surface area contributed by atoms with Crippen molar-refractivity contribution in [1.82, 2.24) is 5.32 Å². The summed E-state index contributed by atoms with van der Waals surface area (Å²) in [5, 5.41) is 2.80. The first kappa shape index (κ1) is 13.2. The molecule has 1 fully saturated rings. The zero-order valence-electron chi connectivity index (χ0n) is 10.3. The Morgan fingerprint density at radius 1 is 1.44 bits per heavy atom. The molecule has 1 aliphatic rings. The second-order valence-electron chi connectivity index (χ2n) is 5.15. The second kappa shape index (κ2) is 4.16. The summed E-state index contributed by atoms with van der Waals surface area (Å²) in [4.78, 5) is 0.0429. The van der Waals surface area contributed by atoms with Gasteiger partial charge in [-0.25, -0.2) is 8.78 Å². The lowest BCUT2D eigenvalue weighted by Crippen LogP contribution is -2.61. The van der Waals surface area contributed by atoms with Crippen LogP contribution in [0, 0.1) is 0 Å². The maximum Gasteiger partial charge on any atom is 0.160 e. The van der Waals surface area contributed by atoms with Crippen LogP contribution in [0.2, 0.25) is 0 Å². The van der Waals surface area contributed by atoms with Crippen LogP contribution in [0.5, 0.6) is 0 Å².